The molecule has 0 saturated carbocycles. The van der Waals surface area contributed by atoms with Crippen molar-refractivity contribution in [3.63, 3.8) is 0 Å². The molecule has 0 saturated heterocycles. The summed E-state index contributed by atoms with van der Waals surface area (Å²) in [5.74, 6) is 0.949. The van der Waals surface area contributed by atoms with Gasteiger partial charge in [0, 0.05) is 12.6 Å². The molecule has 0 aliphatic heterocycles. The zero-order chi connectivity index (χ0) is 15.2. The first-order valence-electron chi connectivity index (χ1n) is 7.37. The van der Waals surface area contributed by atoms with Crippen LogP contribution in [0.25, 0.3) is 0 Å². The monoisotopic (exact) mass is 279 g/mol. The summed E-state index contributed by atoms with van der Waals surface area (Å²) in [5.41, 5.74) is 1.33. The number of hydrogen-bond donors (Lipinski definition) is 2. The van der Waals surface area contributed by atoms with Gasteiger partial charge in [-0.15, -0.1) is 0 Å². The van der Waals surface area contributed by atoms with Crippen LogP contribution in [-0.4, -0.2) is 30.9 Å². The summed E-state index contributed by atoms with van der Waals surface area (Å²) in [4.78, 5) is 0. The Balaban J connectivity index is 2.49. The second-order valence-corrected chi connectivity index (χ2v) is 6.52. The summed E-state index contributed by atoms with van der Waals surface area (Å²) in [6.07, 6.45) is 1.49. The van der Waals surface area contributed by atoms with Crippen LogP contribution < -0.4 is 10.1 Å². The molecule has 0 radical (unpaired) electrons. The van der Waals surface area contributed by atoms with E-state index in [1.165, 1.54) is 5.56 Å². The maximum atomic E-state index is 9.51. The molecule has 0 bridgehead atoms. The van der Waals surface area contributed by atoms with Crippen LogP contribution in [0.5, 0.6) is 5.75 Å². The number of aliphatic hydroxyl groups excluding tert-OH is 1. The highest BCUT2D eigenvalue weighted by molar-refractivity contribution is 5.33. The molecule has 0 aliphatic rings. The van der Waals surface area contributed by atoms with Crippen molar-refractivity contribution in [3.05, 3.63) is 29.8 Å². The Morgan fingerprint density at radius 3 is 2.50 bits per heavy atom. The van der Waals surface area contributed by atoms with Gasteiger partial charge < -0.3 is 15.2 Å². The van der Waals surface area contributed by atoms with Crippen LogP contribution in [0.3, 0.4) is 0 Å². The van der Waals surface area contributed by atoms with E-state index in [4.69, 9.17) is 4.74 Å². The summed E-state index contributed by atoms with van der Waals surface area (Å²) in [5, 5.41) is 13.1. The van der Waals surface area contributed by atoms with Gasteiger partial charge in [0.25, 0.3) is 0 Å². The minimum absolute atomic E-state index is 0.100. The smallest absolute Gasteiger partial charge is 0.122 e. The van der Waals surface area contributed by atoms with E-state index in [1.54, 1.807) is 7.11 Å². The van der Waals surface area contributed by atoms with Crippen molar-refractivity contribution in [2.45, 2.75) is 52.7 Å². The molecule has 3 nitrogen and oxygen atoms in total. The molecule has 1 aromatic rings. The number of benzene rings is 1. The summed E-state index contributed by atoms with van der Waals surface area (Å²) < 4.78 is 5.38. The van der Waals surface area contributed by atoms with Crippen molar-refractivity contribution in [2.24, 2.45) is 5.41 Å². The van der Waals surface area contributed by atoms with Crippen molar-refractivity contribution in [3.8, 4) is 5.75 Å². The van der Waals surface area contributed by atoms with Gasteiger partial charge in [-0.05, 0) is 43.7 Å². The fraction of sp³-hybridized carbons (Fsp3) is 0.647. The lowest BCUT2D eigenvalue weighted by atomic mass is 9.86. The van der Waals surface area contributed by atoms with E-state index in [1.807, 2.05) is 25.1 Å². The highest BCUT2D eigenvalue weighted by Gasteiger charge is 2.21. The standard InChI is InChI=1S/C17H29NO2/c1-13(18-12-17(3,4)11-14(2)19)10-15-8-6-7-9-16(15)20-5/h6-9,13-14,18-19H,10-12H2,1-5H3. The molecule has 0 aromatic heterocycles. The topological polar surface area (TPSA) is 41.5 Å². The number of nitrogens with one attached hydrogen (secondary N) is 1. The van der Waals surface area contributed by atoms with Gasteiger partial charge in [0.1, 0.15) is 5.75 Å². The Bertz CT molecular complexity index is 402. The molecular formula is C17H29NO2. The predicted octanol–water partition coefficient (Wildman–Crippen LogP) is 3.01. The van der Waals surface area contributed by atoms with Crippen LogP contribution in [0.15, 0.2) is 24.3 Å². The first-order valence-corrected chi connectivity index (χ1v) is 7.37. The SMILES string of the molecule is COc1ccccc1CC(C)NCC(C)(C)CC(C)O. The fourth-order valence-corrected chi connectivity index (χ4v) is 2.60. The Morgan fingerprint density at radius 1 is 1.25 bits per heavy atom. The van der Waals surface area contributed by atoms with Crippen LogP contribution in [0, 0.1) is 5.41 Å². The zero-order valence-corrected chi connectivity index (χ0v) is 13.4. The van der Waals surface area contributed by atoms with E-state index < -0.39 is 0 Å². The van der Waals surface area contributed by atoms with Crippen molar-refractivity contribution < 1.29 is 9.84 Å². The Labute approximate surface area is 123 Å². The van der Waals surface area contributed by atoms with Crippen LogP contribution >= 0.6 is 0 Å². The van der Waals surface area contributed by atoms with Crippen molar-refractivity contribution in [2.75, 3.05) is 13.7 Å². The Kier molecular flexibility index (Phi) is 6.50. The molecule has 0 spiro atoms. The number of hydrogen-bond acceptors (Lipinski definition) is 3. The molecule has 1 rings (SSSR count). The first kappa shape index (κ1) is 17.0. The van der Waals surface area contributed by atoms with Crippen LogP contribution in [0.2, 0.25) is 0 Å². The summed E-state index contributed by atoms with van der Waals surface area (Å²) in [6, 6.07) is 8.52. The molecule has 2 unspecified atom stereocenters. The third kappa shape index (κ3) is 5.93. The molecule has 1 aromatic carbocycles. The molecule has 2 atom stereocenters. The molecule has 0 aliphatic carbocycles. The number of rotatable bonds is 8. The number of aliphatic hydroxyl groups is 1. The van der Waals surface area contributed by atoms with Gasteiger partial charge in [0.2, 0.25) is 0 Å². The lowest BCUT2D eigenvalue weighted by Gasteiger charge is -2.28. The predicted molar refractivity (Wildman–Crippen MR) is 84.2 cm³/mol. The second kappa shape index (κ2) is 7.65. The minimum Gasteiger partial charge on any atom is -0.496 e. The lowest BCUT2D eigenvalue weighted by Crippen LogP contribution is -2.38. The quantitative estimate of drug-likeness (QED) is 0.768. The van der Waals surface area contributed by atoms with Gasteiger partial charge in [-0.1, -0.05) is 32.0 Å². The highest BCUT2D eigenvalue weighted by Crippen LogP contribution is 2.22. The van der Waals surface area contributed by atoms with E-state index in [9.17, 15) is 5.11 Å². The van der Waals surface area contributed by atoms with E-state index >= 15 is 0 Å². The van der Waals surface area contributed by atoms with Gasteiger partial charge in [-0.25, -0.2) is 0 Å². The average molecular weight is 279 g/mol. The molecule has 114 valence electrons. The van der Waals surface area contributed by atoms with Gasteiger partial charge in [0.05, 0.1) is 13.2 Å². The first-order chi connectivity index (χ1) is 9.34. The maximum Gasteiger partial charge on any atom is 0.122 e. The van der Waals surface area contributed by atoms with Gasteiger partial charge >= 0.3 is 0 Å². The lowest BCUT2D eigenvalue weighted by molar-refractivity contribution is 0.126. The fourth-order valence-electron chi connectivity index (χ4n) is 2.60. The van der Waals surface area contributed by atoms with E-state index in [0.29, 0.717) is 6.04 Å². The summed E-state index contributed by atoms with van der Waals surface area (Å²) in [6.45, 7) is 9.30. The van der Waals surface area contributed by atoms with Crippen molar-refractivity contribution in [1.29, 1.82) is 0 Å². The number of ether oxygens (including phenoxy) is 1. The molecule has 2 N–H and O–H groups in total. The Hall–Kier alpha value is -1.06. The van der Waals surface area contributed by atoms with E-state index in [2.05, 4.69) is 32.2 Å². The normalized spacial score (nSPS) is 14.9. The zero-order valence-electron chi connectivity index (χ0n) is 13.4. The summed E-state index contributed by atoms with van der Waals surface area (Å²) >= 11 is 0. The van der Waals surface area contributed by atoms with Crippen molar-refractivity contribution >= 4 is 0 Å². The second-order valence-electron chi connectivity index (χ2n) is 6.52. The third-order valence-corrected chi connectivity index (χ3v) is 3.50. The van der Waals surface area contributed by atoms with Crippen LogP contribution in [-0.2, 0) is 6.42 Å². The number of methoxy groups -OCH3 is 1. The number of para-hydroxylation sites is 1. The average Bonchev–Trinajstić information content (AvgIpc) is 2.36. The largest absolute Gasteiger partial charge is 0.496 e. The van der Waals surface area contributed by atoms with E-state index in [0.717, 1.165) is 25.1 Å². The minimum atomic E-state index is -0.253. The van der Waals surface area contributed by atoms with Gasteiger partial charge in [-0.3, -0.25) is 0 Å². The molecule has 0 heterocycles. The summed E-state index contributed by atoms with van der Waals surface area (Å²) in [7, 11) is 1.71. The third-order valence-electron chi connectivity index (χ3n) is 3.50. The molecule has 20 heavy (non-hydrogen) atoms. The molecule has 0 fully saturated rings. The van der Waals surface area contributed by atoms with Crippen LogP contribution in [0.1, 0.15) is 39.7 Å². The Morgan fingerprint density at radius 2 is 1.90 bits per heavy atom. The highest BCUT2D eigenvalue weighted by atomic mass is 16.5. The van der Waals surface area contributed by atoms with Crippen molar-refractivity contribution in [1.82, 2.24) is 5.32 Å². The maximum absolute atomic E-state index is 9.51. The van der Waals surface area contributed by atoms with E-state index in [-0.39, 0.29) is 11.5 Å². The molecular weight excluding hydrogens is 250 g/mol. The molecule has 0 amide bonds. The van der Waals surface area contributed by atoms with Crippen LogP contribution in [0.4, 0.5) is 0 Å². The van der Waals surface area contributed by atoms with Gasteiger partial charge in [0.15, 0.2) is 0 Å². The molecule has 3 heteroatoms. The van der Waals surface area contributed by atoms with Gasteiger partial charge in [-0.2, -0.15) is 0 Å².